The van der Waals surface area contributed by atoms with Crippen LogP contribution in [-0.2, 0) is 0 Å². The Hall–Kier alpha value is -1.16. The van der Waals surface area contributed by atoms with Crippen molar-refractivity contribution in [3.8, 4) is 0 Å². The van der Waals surface area contributed by atoms with Gasteiger partial charge in [-0.3, -0.25) is 4.79 Å². The van der Waals surface area contributed by atoms with E-state index in [4.69, 9.17) is 0 Å². The van der Waals surface area contributed by atoms with Gasteiger partial charge in [0.2, 0.25) is 0 Å². The van der Waals surface area contributed by atoms with Crippen molar-refractivity contribution in [2.45, 2.75) is 44.9 Å². The Morgan fingerprint density at radius 2 is 2.18 bits per heavy atom. The fraction of sp³-hybridized carbons (Fsp3) is 0.692. The number of hydrogen-bond donors (Lipinski definition) is 2. The summed E-state index contributed by atoms with van der Waals surface area (Å²) in [6, 6.07) is 0. The van der Waals surface area contributed by atoms with Crippen LogP contribution in [0.5, 0.6) is 0 Å². The molecule has 4 nitrogen and oxygen atoms in total. The number of aromatic nitrogens is 2. The third kappa shape index (κ3) is 2.94. The molecule has 0 aromatic carbocycles. The van der Waals surface area contributed by atoms with Gasteiger partial charge < -0.3 is 10.3 Å². The Kier molecular flexibility index (Phi) is 3.94. The van der Waals surface area contributed by atoms with E-state index in [0.29, 0.717) is 5.92 Å². The summed E-state index contributed by atoms with van der Waals surface area (Å²) in [5.74, 6) is 1.50. The lowest BCUT2D eigenvalue weighted by molar-refractivity contribution is 0.570. The third-order valence-electron chi connectivity index (χ3n) is 3.43. The summed E-state index contributed by atoms with van der Waals surface area (Å²) in [4.78, 5) is 19.3. The number of aromatic amines is 1. The summed E-state index contributed by atoms with van der Waals surface area (Å²) in [6.07, 6.45) is 5.07. The molecule has 0 bridgehead atoms. The lowest BCUT2D eigenvalue weighted by Gasteiger charge is -2.13. The molecule has 1 saturated heterocycles. The van der Waals surface area contributed by atoms with Crippen molar-refractivity contribution < 1.29 is 0 Å². The molecule has 0 amide bonds. The second kappa shape index (κ2) is 5.45. The zero-order valence-corrected chi connectivity index (χ0v) is 10.6. The van der Waals surface area contributed by atoms with Crippen LogP contribution >= 0.6 is 0 Å². The summed E-state index contributed by atoms with van der Waals surface area (Å²) in [7, 11) is 0. The SMILES string of the molecule is CC(C)c1cnc(C2CCCNCC2)[nH]c1=O. The molecule has 1 aromatic heterocycles. The molecule has 0 aliphatic carbocycles. The molecule has 94 valence electrons. The minimum absolute atomic E-state index is 0.0298. The summed E-state index contributed by atoms with van der Waals surface area (Å²) in [5.41, 5.74) is 0.808. The van der Waals surface area contributed by atoms with Crippen LogP contribution in [0.3, 0.4) is 0 Å². The number of hydrogen-bond acceptors (Lipinski definition) is 3. The van der Waals surface area contributed by atoms with Crippen LogP contribution in [0.15, 0.2) is 11.0 Å². The highest BCUT2D eigenvalue weighted by atomic mass is 16.1. The minimum Gasteiger partial charge on any atom is -0.317 e. The average Bonchev–Trinajstić information content (AvgIpc) is 2.56. The second-order valence-electron chi connectivity index (χ2n) is 5.09. The molecule has 1 aliphatic heterocycles. The Morgan fingerprint density at radius 1 is 1.35 bits per heavy atom. The van der Waals surface area contributed by atoms with Gasteiger partial charge >= 0.3 is 0 Å². The molecule has 0 radical (unpaired) electrons. The Bertz CT molecular complexity index is 417. The van der Waals surface area contributed by atoms with Crippen LogP contribution < -0.4 is 10.9 Å². The molecule has 2 heterocycles. The first-order valence-electron chi connectivity index (χ1n) is 6.48. The molecular formula is C13H21N3O. The van der Waals surface area contributed by atoms with Gasteiger partial charge in [-0.15, -0.1) is 0 Å². The topological polar surface area (TPSA) is 57.8 Å². The van der Waals surface area contributed by atoms with Crippen molar-refractivity contribution in [1.82, 2.24) is 15.3 Å². The number of nitrogens with one attached hydrogen (secondary N) is 2. The quantitative estimate of drug-likeness (QED) is 0.821. The fourth-order valence-electron chi connectivity index (χ4n) is 2.33. The van der Waals surface area contributed by atoms with E-state index in [1.807, 2.05) is 13.8 Å². The van der Waals surface area contributed by atoms with Crippen molar-refractivity contribution in [1.29, 1.82) is 0 Å². The smallest absolute Gasteiger partial charge is 0.254 e. The lowest BCUT2D eigenvalue weighted by atomic mass is 9.99. The van der Waals surface area contributed by atoms with Crippen LogP contribution in [0.2, 0.25) is 0 Å². The first kappa shape index (κ1) is 12.3. The maximum Gasteiger partial charge on any atom is 0.254 e. The van der Waals surface area contributed by atoms with Crippen molar-refractivity contribution >= 4 is 0 Å². The highest BCUT2D eigenvalue weighted by molar-refractivity contribution is 5.11. The van der Waals surface area contributed by atoms with Gasteiger partial charge in [0.1, 0.15) is 5.82 Å². The van der Waals surface area contributed by atoms with E-state index in [1.54, 1.807) is 6.20 Å². The maximum atomic E-state index is 11.9. The van der Waals surface area contributed by atoms with Gasteiger partial charge in [-0.25, -0.2) is 4.98 Å². The maximum absolute atomic E-state index is 11.9. The predicted molar refractivity (Wildman–Crippen MR) is 68.4 cm³/mol. The van der Waals surface area contributed by atoms with E-state index in [2.05, 4.69) is 15.3 Å². The molecule has 1 atom stereocenters. The van der Waals surface area contributed by atoms with E-state index >= 15 is 0 Å². The highest BCUT2D eigenvalue weighted by Gasteiger charge is 2.17. The fourth-order valence-corrected chi connectivity index (χ4v) is 2.33. The predicted octanol–water partition coefficient (Wildman–Crippen LogP) is 1.75. The molecule has 4 heteroatoms. The molecule has 2 rings (SSSR count). The number of H-pyrrole nitrogens is 1. The van der Waals surface area contributed by atoms with Crippen molar-refractivity contribution in [3.05, 3.63) is 27.9 Å². The summed E-state index contributed by atoms with van der Waals surface area (Å²) in [5, 5.41) is 3.37. The zero-order valence-electron chi connectivity index (χ0n) is 10.6. The van der Waals surface area contributed by atoms with Crippen LogP contribution in [0, 0.1) is 0 Å². The van der Waals surface area contributed by atoms with Gasteiger partial charge in [0.05, 0.1) is 0 Å². The van der Waals surface area contributed by atoms with Crippen LogP contribution in [-0.4, -0.2) is 23.1 Å². The first-order valence-corrected chi connectivity index (χ1v) is 6.48. The Morgan fingerprint density at radius 3 is 2.88 bits per heavy atom. The van der Waals surface area contributed by atoms with E-state index in [0.717, 1.165) is 43.7 Å². The van der Waals surface area contributed by atoms with Crippen LogP contribution in [0.25, 0.3) is 0 Å². The minimum atomic E-state index is 0.0298. The Balaban J connectivity index is 2.21. The first-order chi connectivity index (χ1) is 8.18. The molecule has 0 saturated carbocycles. The molecule has 0 spiro atoms. The van der Waals surface area contributed by atoms with Crippen molar-refractivity contribution in [2.75, 3.05) is 13.1 Å². The van der Waals surface area contributed by atoms with Gasteiger partial charge in [-0.05, 0) is 38.3 Å². The summed E-state index contributed by atoms with van der Waals surface area (Å²) >= 11 is 0. The van der Waals surface area contributed by atoms with Crippen molar-refractivity contribution in [3.63, 3.8) is 0 Å². The zero-order chi connectivity index (χ0) is 12.3. The normalized spacial score (nSPS) is 21.5. The van der Waals surface area contributed by atoms with E-state index in [1.165, 1.54) is 0 Å². The molecule has 2 N–H and O–H groups in total. The van der Waals surface area contributed by atoms with Crippen LogP contribution in [0.4, 0.5) is 0 Å². The largest absolute Gasteiger partial charge is 0.317 e. The monoisotopic (exact) mass is 235 g/mol. The molecule has 1 unspecified atom stereocenters. The van der Waals surface area contributed by atoms with E-state index in [-0.39, 0.29) is 11.5 Å². The highest BCUT2D eigenvalue weighted by Crippen LogP contribution is 2.22. The molecule has 1 fully saturated rings. The van der Waals surface area contributed by atoms with Crippen LogP contribution in [0.1, 0.15) is 56.3 Å². The van der Waals surface area contributed by atoms with Gasteiger partial charge in [-0.1, -0.05) is 13.8 Å². The van der Waals surface area contributed by atoms with Gasteiger partial charge in [0.15, 0.2) is 0 Å². The lowest BCUT2D eigenvalue weighted by Crippen LogP contribution is -2.20. The number of nitrogens with zero attached hydrogens (tertiary/aromatic N) is 1. The van der Waals surface area contributed by atoms with Crippen molar-refractivity contribution in [2.24, 2.45) is 0 Å². The molecular weight excluding hydrogens is 214 g/mol. The second-order valence-corrected chi connectivity index (χ2v) is 5.09. The average molecular weight is 235 g/mol. The third-order valence-corrected chi connectivity index (χ3v) is 3.43. The summed E-state index contributed by atoms with van der Waals surface area (Å²) in [6.45, 7) is 6.12. The summed E-state index contributed by atoms with van der Waals surface area (Å²) < 4.78 is 0. The van der Waals surface area contributed by atoms with Gasteiger partial charge in [-0.2, -0.15) is 0 Å². The molecule has 17 heavy (non-hydrogen) atoms. The Labute approximate surface area is 102 Å². The van der Waals surface area contributed by atoms with E-state index < -0.39 is 0 Å². The van der Waals surface area contributed by atoms with Gasteiger partial charge in [0, 0.05) is 17.7 Å². The van der Waals surface area contributed by atoms with E-state index in [9.17, 15) is 4.79 Å². The molecule has 1 aliphatic rings. The number of rotatable bonds is 2. The standard InChI is InChI=1S/C13H21N3O/c1-9(2)11-8-15-12(16-13(11)17)10-4-3-6-14-7-5-10/h8-10,14H,3-7H2,1-2H3,(H,15,16,17). The van der Waals surface area contributed by atoms with Gasteiger partial charge in [0.25, 0.3) is 5.56 Å². The molecule has 1 aromatic rings.